The number of halogens is 1. The fourth-order valence-electron chi connectivity index (χ4n) is 3.98. The third-order valence-electron chi connectivity index (χ3n) is 5.89. The molecule has 6 nitrogen and oxygen atoms in total. The number of hydrogen-bond acceptors (Lipinski definition) is 5. The van der Waals surface area contributed by atoms with Gasteiger partial charge in [-0.1, -0.05) is 13.3 Å². The number of benzene rings is 2. The number of carbonyl (C=O) groups excluding carboxylic acids is 1. The largest absolute Gasteiger partial charge is 0.494 e. The van der Waals surface area contributed by atoms with Crippen LogP contribution in [0.2, 0.25) is 0 Å². The fraction of sp³-hybridized carbons (Fsp3) is 0.346. The highest BCUT2D eigenvalue weighted by Crippen LogP contribution is 2.27. The van der Waals surface area contributed by atoms with Crippen LogP contribution < -0.4 is 4.74 Å². The number of carbonyl (C=O) groups is 1. The molecule has 1 atom stereocenters. The first-order valence-corrected chi connectivity index (χ1v) is 13.3. The van der Waals surface area contributed by atoms with Gasteiger partial charge in [0.05, 0.1) is 24.7 Å². The lowest BCUT2D eigenvalue weighted by Gasteiger charge is -2.27. The lowest BCUT2D eigenvalue weighted by molar-refractivity contribution is 0.0666. The van der Waals surface area contributed by atoms with Crippen LogP contribution in [0.4, 0.5) is 4.39 Å². The van der Waals surface area contributed by atoms with E-state index in [2.05, 4.69) is 6.92 Å². The molecule has 180 valence electrons. The molecule has 8 heteroatoms. The van der Waals surface area contributed by atoms with Gasteiger partial charge in [0.2, 0.25) is 0 Å². The van der Waals surface area contributed by atoms with E-state index >= 15 is 0 Å². The molecule has 2 heterocycles. The first-order valence-electron chi connectivity index (χ1n) is 11.4. The van der Waals surface area contributed by atoms with Crippen molar-refractivity contribution in [3.05, 3.63) is 77.8 Å². The van der Waals surface area contributed by atoms with Crippen molar-refractivity contribution in [1.82, 2.24) is 4.90 Å². The maximum absolute atomic E-state index is 13.4. The van der Waals surface area contributed by atoms with Gasteiger partial charge in [-0.2, -0.15) is 0 Å². The van der Waals surface area contributed by atoms with Gasteiger partial charge in [0.1, 0.15) is 23.1 Å². The number of furan rings is 1. The van der Waals surface area contributed by atoms with Gasteiger partial charge in [0.25, 0.3) is 5.91 Å². The molecule has 3 aromatic rings. The zero-order valence-electron chi connectivity index (χ0n) is 19.1. The summed E-state index contributed by atoms with van der Waals surface area (Å²) < 4.78 is 49.1. The lowest BCUT2D eigenvalue weighted by Crippen LogP contribution is -2.40. The van der Waals surface area contributed by atoms with Crippen LogP contribution in [-0.2, 0) is 16.4 Å². The highest BCUT2D eigenvalue weighted by molar-refractivity contribution is 7.91. The van der Waals surface area contributed by atoms with Gasteiger partial charge in [-0.3, -0.25) is 4.79 Å². The molecule has 34 heavy (non-hydrogen) atoms. The Hall–Kier alpha value is -3.13. The van der Waals surface area contributed by atoms with Crippen molar-refractivity contribution < 1.29 is 26.8 Å². The molecule has 1 saturated heterocycles. The minimum atomic E-state index is -3.19. The Labute approximate surface area is 199 Å². The van der Waals surface area contributed by atoms with Crippen LogP contribution in [-0.4, -0.2) is 43.4 Å². The monoisotopic (exact) mass is 485 g/mol. The maximum Gasteiger partial charge on any atom is 0.254 e. The third kappa shape index (κ3) is 5.86. The van der Waals surface area contributed by atoms with E-state index in [1.807, 2.05) is 0 Å². The van der Waals surface area contributed by atoms with E-state index in [1.165, 1.54) is 12.1 Å². The van der Waals surface area contributed by atoms with Crippen molar-refractivity contribution in [2.75, 3.05) is 18.1 Å². The van der Waals surface area contributed by atoms with Gasteiger partial charge in [-0.25, -0.2) is 12.8 Å². The number of ether oxygens (including phenoxy) is 1. The lowest BCUT2D eigenvalue weighted by atomic mass is 10.1. The summed E-state index contributed by atoms with van der Waals surface area (Å²) in [5.74, 6) is 1.16. The normalized spacial score (nSPS) is 16.9. The quantitative estimate of drug-likeness (QED) is 0.395. The van der Waals surface area contributed by atoms with Gasteiger partial charge in [-0.15, -0.1) is 0 Å². The predicted molar refractivity (Wildman–Crippen MR) is 128 cm³/mol. The molecule has 2 aromatic carbocycles. The molecule has 1 aromatic heterocycles. The van der Waals surface area contributed by atoms with E-state index in [0.717, 1.165) is 12.8 Å². The SMILES string of the molecule is CCCCOc1ccc(C(=O)N(Cc2ccc(-c3ccc(F)cc3)o2)[C@@H]2CCS(=O)(=O)C2)cc1. The summed E-state index contributed by atoms with van der Waals surface area (Å²) in [6, 6.07) is 15.9. The van der Waals surface area contributed by atoms with Crippen molar-refractivity contribution in [3.63, 3.8) is 0 Å². The van der Waals surface area contributed by atoms with Crippen molar-refractivity contribution in [1.29, 1.82) is 0 Å². The smallest absolute Gasteiger partial charge is 0.254 e. The maximum atomic E-state index is 13.4. The number of unbranched alkanes of at least 4 members (excludes halogenated alkanes) is 1. The van der Waals surface area contributed by atoms with Crippen LogP contribution in [0, 0.1) is 5.82 Å². The summed E-state index contributed by atoms with van der Waals surface area (Å²) in [6.07, 6.45) is 2.37. The van der Waals surface area contributed by atoms with Crippen LogP contribution in [0.15, 0.2) is 65.1 Å². The third-order valence-corrected chi connectivity index (χ3v) is 7.64. The molecule has 0 unspecified atom stereocenters. The van der Waals surface area contributed by atoms with E-state index in [-0.39, 0.29) is 29.8 Å². The van der Waals surface area contributed by atoms with Crippen LogP contribution in [0.3, 0.4) is 0 Å². The summed E-state index contributed by atoms with van der Waals surface area (Å²) in [7, 11) is -3.19. The summed E-state index contributed by atoms with van der Waals surface area (Å²) in [5, 5.41) is 0. The summed E-state index contributed by atoms with van der Waals surface area (Å²) >= 11 is 0. The molecule has 0 bridgehead atoms. The first-order chi connectivity index (χ1) is 16.3. The molecule has 0 spiro atoms. The minimum absolute atomic E-state index is 0.0602. The molecule has 0 N–H and O–H groups in total. The highest BCUT2D eigenvalue weighted by Gasteiger charge is 2.35. The Balaban J connectivity index is 1.54. The molecule has 0 aliphatic carbocycles. The summed E-state index contributed by atoms with van der Waals surface area (Å²) in [5.41, 5.74) is 1.17. The standard InChI is InChI=1S/C26H28FNO5S/c1-2-3-15-32-23-10-6-20(7-11-23)26(29)28(22-14-16-34(30,31)18-22)17-24-12-13-25(33-24)19-4-8-21(27)9-5-19/h4-13,22H,2-3,14-18H2,1H3/t22-/m1/s1. The Morgan fingerprint density at radius 1 is 1.09 bits per heavy atom. The summed E-state index contributed by atoms with van der Waals surface area (Å²) in [6.45, 7) is 2.84. The van der Waals surface area contributed by atoms with E-state index < -0.39 is 15.9 Å². The summed E-state index contributed by atoms with van der Waals surface area (Å²) in [4.78, 5) is 15.0. The van der Waals surface area contributed by atoms with Crippen molar-refractivity contribution >= 4 is 15.7 Å². The number of nitrogens with zero attached hydrogens (tertiary/aromatic N) is 1. The van der Waals surface area contributed by atoms with Crippen molar-refractivity contribution in [3.8, 4) is 17.1 Å². The molecule has 4 rings (SSSR count). The van der Waals surface area contributed by atoms with Crippen LogP contribution in [0.1, 0.15) is 42.3 Å². The Kier molecular flexibility index (Phi) is 7.36. The van der Waals surface area contributed by atoms with E-state index in [1.54, 1.807) is 53.4 Å². The molecular formula is C26H28FNO5S. The van der Waals surface area contributed by atoms with Gasteiger partial charge < -0.3 is 14.1 Å². The van der Waals surface area contributed by atoms with Gasteiger partial charge >= 0.3 is 0 Å². The molecule has 0 radical (unpaired) electrons. The number of amides is 1. The first kappa shape index (κ1) is 24.0. The minimum Gasteiger partial charge on any atom is -0.494 e. The second-order valence-electron chi connectivity index (χ2n) is 8.49. The van der Waals surface area contributed by atoms with Gasteiger partial charge in [0.15, 0.2) is 9.84 Å². The van der Waals surface area contributed by atoms with Crippen LogP contribution in [0.5, 0.6) is 5.75 Å². The number of sulfone groups is 1. The number of rotatable bonds is 9. The van der Waals surface area contributed by atoms with E-state index in [9.17, 15) is 17.6 Å². The van der Waals surface area contributed by atoms with Crippen LogP contribution >= 0.6 is 0 Å². The average molecular weight is 486 g/mol. The van der Waals surface area contributed by atoms with Crippen molar-refractivity contribution in [2.45, 2.75) is 38.8 Å². The highest BCUT2D eigenvalue weighted by atomic mass is 32.2. The molecule has 1 aliphatic rings. The van der Waals surface area contributed by atoms with Gasteiger partial charge in [-0.05, 0) is 73.5 Å². The Morgan fingerprint density at radius 3 is 2.47 bits per heavy atom. The topological polar surface area (TPSA) is 76.8 Å². The second kappa shape index (κ2) is 10.4. The molecule has 1 aliphatic heterocycles. The number of hydrogen-bond donors (Lipinski definition) is 0. The zero-order chi connectivity index (χ0) is 24.1. The van der Waals surface area contributed by atoms with Gasteiger partial charge in [0, 0.05) is 17.2 Å². The molecule has 1 fully saturated rings. The Bertz CT molecular complexity index is 1220. The van der Waals surface area contributed by atoms with Crippen molar-refractivity contribution in [2.24, 2.45) is 0 Å². The fourth-order valence-corrected chi connectivity index (χ4v) is 5.71. The zero-order valence-corrected chi connectivity index (χ0v) is 19.9. The molecule has 1 amide bonds. The second-order valence-corrected chi connectivity index (χ2v) is 10.7. The van der Waals surface area contributed by atoms with Crippen LogP contribution in [0.25, 0.3) is 11.3 Å². The molecule has 0 saturated carbocycles. The average Bonchev–Trinajstić information content (AvgIpc) is 3.44. The Morgan fingerprint density at radius 2 is 1.82 bits per heavy atom. The molecular weight excluding hydrogens is 457 g/mol. The predicted octanol–water partition coefficient (Wildman–Crippen LogP) is 5.09. The van der Waals surface area contributed by atoms with E-state index in [4.69, 9.17) is 9.15 Å². The van der Waals surface area contributed by atoms with E-state index in [0.29, 0.717) is 41.4 Å².